The van der Waals surface area contributed by atoms with Gasteiger partial charge < -0.3 is 5.32 Å². The zero-order valence-electron chi connectivity index (χ0n) is 13.0. The van der Waals surface area contributed by atoms with Crippen LogP contribution in [0.3, 0.4) is 0 Å². The van der Waals surface area contributed by atoms with Crippen LogP contribution in [0.15, 0.2) is 16.6 Å². The molecule has 1 aliphatic rings. The highest BCUT2D eigenvalue weighted by atomic mass is 79.9. The van der Waals surface area contributed by atoms with E-state index in [1.54, 1.807) is 0 Å². The maximum Gasteiger partial charge on any atom is 0.143 e. The van der Waals surface area contributed by atoms with Crippen molar-refractivity contribution in [2.24, 2.45) is 11.3 Å². The van der Waals surface area contributed by atoms with Crippen molar-refractivity contribution in [2.45, 2.75) is 46.0 Å². The van der Waals surface area contributed by atoms with Gasteiger partial charge in [0.25, 0.3) is 0 Å². The maximum atomic E-state index is 14.5. The highest BCUT2D eigenvalue weighted by Gasteiger charge is 2.38. The summed E-state index contributed by atoms with van der Waals surface area (Å²) in [5.74, 6) is -0.624. The molecule has 1 aliphatic carbocycles. The van der Waals surface area contributed by atoms with Gasteiger partial charge in [-0.15, -0.1) is 0 Å². The standard InChI is InChI=1S/C17H24BrF2N/c1-4-21-10-11-7-8-17(2,3)9-12(11)15-14(19)6-5-13(18)16(15)20/h5-6,11-12,21H,4,7-10H2,1-3H3. The molecule has 1 N–H and O–H groups in total. The van der Waals surface area contributed by atoms with E-state index in [2.05, 4.69) is 42.0 Å². The Morgan fingerprint density at radius 3 is 2.71 bits per heavy atom. The quantitative estimate of drug-likeness (QED) is 0.724. The SMILES string of the molecule is CCNCC1CCC(C)(C)CC1c1c(F)ccc(Br)c1F. The summed E-state index contributed by atoms with van der Waals surface area (Å²) in [6.45, 7) is 8.15. The highest BCUT2D eigenvalue weighted by molar-refractivity contribution is 9.10. The zero-order valence-corrected chi connectivity index (χ0v) is 14.6. The van der Waals surface area contributed by atoms with Crippen molar-refractivity contribution in [3.05, 3.63) is 33.8 Å². The van der Waals surface area contributed by atoms with E-state index >= 15 is 0 Å². The zero-order chi connectivity index (χ0) is 15.6. The Labute approximate surface area is 134 Å². The lowest BCUT2D eigenvalue weighted by Gasteiger charge is -2.41. The van der Waals surface area contributed by atoms with Gasteiger partial charge in [0.05, 0.1) is 4.47 Å². The summed E-state index contributed by atoms with van der Waals surface area (Å²) < 4.78 is 29.1. The van der Waals surface area contributed by atoms with E-state index in [9.17, 15) is 8.78 Å². The lowest BCUT2D eigenvalue weighted by molar-refractivity contribution is 0.155. The monoisotopic (exact) mass is 359 g/mol. The Balaban J connectivity index is 2.37. The van der Waals surface area contributed by atoms with Gasteiger partial charge in [-0.3, -0.25) is 0 Å². The van der Waals surface area contributed by atoms with Crippen LogP contribution in [0.5, 0.6) is 0 Å². The minimum atomic E-state index is -0.431. The Hall–Kier alpha value is -0.480. The van der Waals surface area contributed by atoms with Crippen molar-refractivity contribution >= 4 is 15.9 Å². The first kappa shape index (κ1) is 16.9. The molecule has 1 nitrogen and oxygen atoms in total. The van der Waals surface area contributed by atoms with Gasteiger partial charge in [0.1, 0.15) is 11.6 Å². The smallest absolute Gasteiger partial charge is 0.143 e. The fraction of sp³-hybridized carbons (Fsp3) is 0.647. The van der Waals surface area contributed by atoms with E-state index in [1.807, 2.05) is 0 Å². The second-order valence-electron chi connectivity index (χ2n) is 6.84. The fourth-order valence-electron chi connectivity index (χ4n) is 3.44. The molecule has 1 aromatic rings. The first-order chi connectivity index (χ1) is 9.85. The van der Waals surface area contributed by atoms with E-state index in [1.165, 1.54) is 12.1 Å². The molecule has 2 atom stereocenters. The predicted molar refractivity (Wildman–Crippen MR) is 86.5 cm³/mol. The Morgan fingerprint density at radius 2 is 2.05 bits per heavy atom. The molecule has 0 spiro atoms. The van der Waals surface area contributed by atoms with Crippen molar-refractivity contribution < 1.29 is 8.78 Å². The summed E-state index contributed by atoms with van der Waals surface area (Å²) in [5.41, 5.74) is 0.397. The van der Waals surface area contributed by atoms with Crippen molar-refractivity contribution in [2.75, 3.05) is 13.1 Å². The van der Waals surface area contributed by atoms with Crippen LogP contribution in [0.2, 0.25) is 0 Å². The second-order valence-corrected chi connectivity index (χ2v) is 7.69. The van der Waals surface area contributed by atoms with Crippen LogP contribution < -0.4 is 5.32 Å². The van der Waals surface area contributed by atoms with Crippen molar-refractivity contribution in [3.63, 3.8) is 0 Å². The summed E-state index contributed by atoms with van der Waals surface area (Å²) in [4.78, 5) is 0. The van der Waals surface area contributed by atoms with Crippen LogP contribution in [0, 0.1) is 23.0 Å². The van der Waals surface area contributed by atoms with Gasteiger partial charge in [-0.2, -0.15) is 0 Å². The molecule has 1 fully saturated rings. The van der Waals surface area contributed by atoms with Crippen LogP contribution >= 0.6 is 15.9 Å². The van der Waals surface area contributed by atoms with E-state index in [0.717, 1.165) is 32.4 Å². The molecule has 4 heteroatoms. The predicted octanol–water partition coefficient (Wildman–Crippen LogP) is 5.25. The lowest BCUT2D eigenvalue weighted by Crippen LogP contribution is -2.35. The minimum Gasteiger partial charge on any atom is -0.317 e. The van der Waals surface area contributed by atoms with Crippen molar-refractivity contribution in [1.82, 2.24) is 5.32 Å². The molecule has 0 aromatic heterocycles. The van der Waals surface area contributed by atoms with E-state index < -0.39 is 11.6 Å². The molecule has 2 rings (SSSR count). The summed E-state index contributed by atoms with van der Waals surface area (Å²) in [6, 6.07) is 2.82. The van der Waals surface area contributed by atoms with Gasteiger partial charge in [0.15, 0.2) is 0 Å². The van der Waals surface area contributed by atoms with E-state index in [0.29, 0.717) is 4.47 Å². The van der Waals surface area contributed by atoms with E-state index in [-0.39, 0.29) is 22.8 Å². The minimum absolute atomic E-state index is 0.0645. The van der Waals surface area contributed by atoms with Crippen LogP contribution in [-0.4, -0.2) is 13.1 Å². The topological polar surface area (TPSA) is 12.0 Å². The number of hydrogen-bond acceptors (Lipinski definition) is 1. The lowest BCUT2D eigenvalue weighted by atomic mass is 9.65. The summed E-state index contributed by atoms with van der Waals surface area (Å²) in [6.07, 6.45) is 2.94. The third-order valence-electron chi connectivity index (χ3n) is 4.64. The Kier molecular flexibility index (Phi) is 5.42. The van der Waals surface area contributed by atoms with Crippen LogP contribution in [-0.2, 0) is 0 Å². The molecule has 0 bridgehead atoms. The van der Waals surface area contributed by atoms with Gasteiger partial charge in [-0.25, -0.2) is 8.78 Å². The molecule has 0 amide bonds. The highest BCUT2D eigenvalue weighted by Crippen LogP contribution is 2.48. The van der Waals surface area contributed by atoms with Crippen LogP contribution in [0.1, 0.15) is 51.5 Å². The van der Waals surface area contributed by atoms with Gasteiger partial charge in [-0.1, -0.05) is 20.8 Å². The molecule has 21 heavy (non-hydrogen) atoms. The molecular weight excluding hydrogens is 336 g/mol. The van der Waals surface area contributed by atoms with Crippen LogP contribution in [0.4, 0.5) is 8.78 Å². The van der Waals surface area contributed by atoms with Crippen molar-refractivity contribution in [1.29, 1.82) is 0 Å². The van der Waals surface area contributed by atoms with Gasteiger partial charge in [0.2, 0.25) is 0 Å². The average molecular weight is 360 g/mol. The third-order valence-corrected chi connectivity index (χ3v) is 5.25. The van der Waals surface area contributed by atoms with E-state index in [4.69, 9.17) is 0 Å². The number of nitrogens with one attached hydrogen (secondary N) is 1. The summed E-state index contributed by atoms with van der Waals surface area (Å²) in [5, 5.41) is 3.34. The summed E-state index contributed by atoms with van der Waals surface area (Å²) in [7, 11) is 0. The second kappa shape index (κ2) is 6.74. The molecule has 118 valence electrons. The molecule has 0 saturated heterocycles. The van der Waals surface area contributed by atoms with Crippen LogP contribution in [0.25, 0.3) is 0 Å². The summed E-state index contributed by atoms with van der Waals surface area (Å²) >= 11 is 3.19. The Morgan fingerprint density at radius 1 is 1.33 bits per heavy atom. The van der Waals surface area contributed by atoms with Gasteiger partial charge in [-0.05, 0) is 77.7 Å². The third kappa shape index (κ3) is 3.84. The maximum absolute atomic E-state index is 14.5. The number of hydrogen-bond donors (Lipinski definition) is 1. The molecule has 0 radical (unpaired) electrons. The molecule has 0 heterocycles. The molecule has 2 unspecified atom stereocenters. The van der Waals surface area contributed by atoms with Crippen molar-refractivity contribution in [3.8, 4) is 0 Å². The molecular formula is C17H24BrF2N. The first-order valence-electron chi connectivity index (χ1n) is 7.70. The Bertz CT molecular complexity index is 502. The normalized spacial score (nSPS) is 25.0. The number of halogens is 3. The molecule has 1 saturated carbocycles. The molecule has 0 aliphatic heterocycles. The molecule has 1 aromatic carbocycles. The largest absolute Gasteiger partial charge is 0.317 e. The number of benzene rings is 1. The number of rotatable bonds is 4. The first-order valence-corrected chi connectivity index (χ1v) is 8.49. The van der Waals surface area contributed by atoms with Gasteiger partial charge in [0, 0.05) is 5.56 Å². The average Bonchev–Trinajstić information content (AvgIpc) is 2.42. The fourth-order valence-corrected chi connectivity index (χ4v) is 3.78. The van der Waals surface area contributed by atoms with Gasteiger partial charge >= 0.3 is 0 Å².